The normalized spacial score (nSPS) is 14.9. The molecule has 1 fully saturated rings. The Morgan fingerprint density at radius 2 is 2.14 bits per heavy atom. The smallest absolute Gasteiger partial charge is 0.233 e. The molecular formula is C21H31N5O2S. The number of carbonyl (C=O) groups is 1. The molecule has 0 bridgehead atoms. The van der Waals surface area contributed by atoms with E-state index < -0.39 is 0 Å². The van der Waals surface area contributed by atoms with Crippen molar-refractivity contribution in [2.75, 3.05) is 36.8 Å². The first-order valence-corrected chi connectivity index (χ1v) is 11.2. The van der Waals surface area contributed by atoms with Crippen LogP contribution in [0, 0.1) is 5.92 Å². The first kappa shape index (κ1) is 21.5. The number of piperidine rings is 1. The highest BCUT2D eigenvalue weighted by Crippen LogP contribution is 2.27. The lowest BCUT2D eigenvalue weighted by Gasteiger charge is -2.31. The highest BCUT2D eigenvalue weighted by molar-refractivity contribution is 7.99. The zero-order valence-electron chi connectivity index (χ0n) is 17.6. The van der Waals surface area contributed by atoms with E-state index >= 15 is 0 Å². The van der Waals surface area contributed by atoms with Gasteiger partial charge in [-0.25, -0.2) is 0 Å². The van der Waals surface area contributed by atoms with Crippen molar-refractivity contribution in [2.24, 2.45) is 5.92 Å². The monoisotopic (exact) mass is 417 g/mol. The third-order valence-corrected chi connectivity index (χ3v) is 6.13. The molecule has 0 N–H and O–H groups in total. The maximum Gasteiger partial charge on any atom is 0.233 e. The van der Waals surface area contributed by atoms with Gasteiger partial charge in [-0.2, -0.15) is 0 Å². The Morgan fingerprint density at radius 3 is 2.76 bits per heavy atom. The number of hydrogen-bond acceptors (Lipinski definition) is 6. The molecule has 2 aromatic rings. The molecule has 0 spiro atoms. The van der Waals surface area contributed by atoms with Crippen LogP contribution in [0.2, 0.25) is 0 Å². The minimum atomic E-state index is 0.0846. The van der Waals surface area contributed by atoms with Gasteiger partial charge in [0.25, 0.3) is 0 Å². The van der Waals surface area contributed by atoms with E-state index in [0.717, 1.165) is 54.3 Å². The van der Waals surface area contributed by atoms with Gasteiger partial charge in [0.2, 0.25) is 11.9 Å². The fourth-order valence-electron chi connectivity index (χ4n) is 3.45. The van der Waals surface area contributed by atoms with E-state index in [1.54, 1.807) is 6.26 Å². The van der Waals surface area contributed by atoms with Crippen LogP contribution in [0.25, 0.3) is 0 Å². The molecule has 3 rings (SSSR count). The third kappa shape index (κ3) is 5.65. The Labute approximate surface area is 177 Å². The van der Waals surface area contributed by atoms with E-state index in [1.165, 1.54) is 11.8 Å². The van der Waals surface area contributed by atoms with Crippen molar-refractivity contribution in [3.05, 3.63) is 36.3 Å². The molecule has 158 valence electrons. The summed E-state index contributed by atoms with van der Waals surface area (Å²) in [5.41, 5.74) is 0.979. The molecule has 3 heterocycles. The van der Waals surface area contributed by atoms with Crippen molar-refractivity contribution in [3.8, 4) is 0 Å². The van der Waals surface area contributed by atoms with E-state index in [1.807, 2.05) is 30.9 Å². The molecule has 0 saturated carbocycles. The second kappa shape index (κ2) is 10.0. The van der Waals surface area contributed by atoms with Crippen molar-refractivity contribution in [3.63, 3.8) is 0 Å². The maximum absolute atomic E-state index is 12.6. The number of carbonyl (C=O) groups excluding carboxylic acids is 1. The zero-order chi connectivity index (χ0) is 20.8. The number of rotatable bonds is 9. The van der Waals surface area contributed by atoms with Crippen molar-refractivity contribution >= 4 is 23.6 Å². The predicted molar refractivity (Wildman–Crippen MR) is 116 cm³/mol. The number of aromatic nitrogens is 3. The van der Waals surface area contributed by atoms with Crippen molar-refractivity contribution in [1.82, 2.24) is 19.7 Å². The lowest BCUT2D eigenvalue weighted by Crippen LogP contribution is -2.35. The summed E-state index contributed by atoms with van der Waals surface area (Å²) in [5.74, 6) is 2.86. The fraction of sp³-hybridized carbons (Fsp3) is 0.571. The molecule has 1 aliphatic rings. The van der Waals surface area contributed by atoms with E-state index in [2.05, 4.69) is 33.2 Å². The first-order valence-electron chi connectivity index (χ1n) is 10.2. The highest BCUT2D eigenvalue weighted by Gasteiger charge is 2.24. The minimum Gasteiger partial charge on any atom is -0.467 e. The summed E-state index contributed by atoms with van der Waals surface area (Å²) in [7, 11) is 0. The van der Waals surface area contributed by atoms with Crippen LogP contribution >= 0.6 is 11.8 Å². The highest BCUT2D eigenvalue weighted by atomic mass is 32.2. The Hall–Kier alpha value is -2.22. The van der Waals surface area contributed by atoms with Crippen LogP contribution in [0.15, 0.2) is 40.1 Å². The number of amides is 1. The van der Waals surface area contributed by atoms with E-state index in [9.17, 15) is 4.79 Å². The summed E-state index contributed by atoms with van der Waals surface area (Å²) in [4.78, 5) is 16.7. The van der Waals surface area contributed by atoms with Crippen LogP contribution in [-0.2, 0) is 11.3 Å². The number of nitrogens with zero attached hydrogens (tertiary/aromatic N) is 5. The molecular weight excluding hydrogens is 386 g/mol. The van der Waals surface area contributed by atoms with Crippen LogP contribution in [0.1, 0.15) is 39.4 Å². The Balaban J connectivity index is 1.75. The van der Waals surface area contributed by atoms with Gasteiger partial charge in [-0.05, 0) is 44.7 Å². The van der Waals surface area contributed by atoms with Crippen molar-refractivity contribution in [1.29, 1.82) is 0 Å². The second-order valence-corrected chi connectivity index (χ2v) is 8.71. The van der Waals surface area contributed by atoms with E-state index in [-0.39, 0.29) is 5.91 Å². The van der Waals surface area contributed by atoms with Gasteiger partial charge < -0.3 is 14.2 Å². The minimum absolute atomic E-state index is 0.0846. The standard InChI is InChI=1S/C21H31N5O2S/c1-5-24(13-16(2)3)19(27)15-29-21-23-22-20(25-10-8-17(4)9-11-25)26(21)14-18-7-6-12-28-18/h6-7,12,17H,2,5,8-11,13-15H2,1,3-4H3. The lowest BCUT2D eigenvalue weighted by atomic mass is 10.00. The SMILES string of the molecule is C=C(C)CN(CC)C(=O)CSc1nnc(N2CCC(C)CC2)n1Cc1ccco1. The molecule has 29 heavy (non-hydrogen) atoms. The molecule has 1 amide bonds. The zero-order valence-corrected chi connectivity index (χ0v) is 18.5. The Kier molecular flexibility index (Phi) is 7.41. The summed E-state index contributed by atoms with van der Waals surface area (Å²) in [6.07, 6.45) is 3.98. The topological polar surface area (TPSA) is 67.4 Å². The largest absolute Gasteiger partial charge is 0.467 e. The molecule has 0 unspecified atom stereocenters. The van der Waals surface area contributed by atoms with E-state index in [0.29, 0.717) is 25.4 Å². The summed E-state index contributed by atoms with van der Waals surface area (Å²) < 4.78 is 7.63. The molecule has 0 aromatic carbocycles. The summed E-state index contributed by atoms with van der Waals surface area (Å²) in [6, 6.07) is 3.84. The number of furan rings is 1. The van der Waals surface area contributed by atoms with Crippen LogP contribution in [-0.4, -0.2) is 57.5 Å². The molecule has 0 radical (unpaired) electrons. The van der Waals surface area contributed by atoms with Gasteiger partial charge in [-0.1, -0.05) is 30.8 Å². The van der Waals surface area contributed by atoms with E-state index in [4.69, 9.17) is 4.42 Å². The molecule has 1 saturated heterocycles. The van der Waals surface area contributed by atoms with Gasteiger partial charge in [-0.3, -0.25) is 9.36 Å². The summed E-state index contributed by atoms with van der Waals surface area (Å²) >= 11 is 1.43. The quantitative estimate of drug-likeness (QED) is 0.458. The molecule has 7 nitrogen and oxygen atoms in total. The molecule has 2 aromatic heterocycles. The first-order chi connectivity index (χ1) is 14.0. The Morgan fingerprint density at radius 1 is 1.38 bits per heavy atom. The predicted octanol–water partition coefficient (Wildman–Crippen LogP) is 3.67. The van der Waals surface area contributed by atoms with Gasteiger partial charge in [0.15, 0.2) is 5.16 Å². The van der Waals surface area contributed by atoms with Crippen LogP contribution in [0.5, 0.6) is 0 Å². The third-order valence-electron chi connectivity index (χ3n) is 5.18. The second-order valence-electron chi connectivity index (χ2n) is 7.77. The van der Waals surface area contributed by atoms with Gasteiger partial charge in [0.1, 0.15) is 5.76 Å². The van der Waals surface area contributed by atoms with Crippen LogP contribution in [0.3, 0.4) is 0 Å². The van der Waals surface area contributed by atoms with Gasteiger partial charge >= 0.3 is 0 Å². The van der Waals surface area contributed by atoms with Gasteiger partial charge in [0.05, 0.1) is 18.6 Å². The molecule has 1 aliphatic heterocycles. The average molecular weight is 418 g/mol. The molecule has 0 atom stereocenters. The average Bonchev–Trinajstić information content (AvgIpc) is 3.35. The number of thioether (sulfide) groups is 1. The Bertz CT molecular complexity index is 809. The number of likely N-dealkylation sites (N-methyl/N-ethyl adjacent to an activating group) is 1. The molecule has 8 heteroatoms. The lowest BCUT2D eigenvalue weighted by molar-refractivity contribution is -0.127. The molecule has 0 aliphatic carbocycles. The van der Waals surface area contributed by atoms with Crippen LogP contribution < -0.4 is 4.90 Å². The van der Waals surface area contributed by atoms with Gasteiger partial charge in [-0.15, -0.1) is 10.2 Å². The summed E-state index contributed by atoms with van der Waals surface area (Å²) in [5, 5.41) is 9.63. The van der Waals surface area contributed by atoms with Crippen LogP contribution in [0.4, 0.5) is 5.95 Å². The fourth-order valence-corrected chi connectivity index (χ4v) is 4.28. The summed E-state index contributed by atoms with van der Waals surface area (Å²) in [6.45, 7) is 13.9. The van der Waals surface area contributed by atoms with Gasteiger partial charge in [0, 0.05) is 26.2 Å². The number of hydrogen-bond donors (Lipinski definition) is 0. The maximum atomic E-state index is 12.6. The number of anilines is 1. The van der Waals surface area contributed by atoms with Crippen molar-refractivity contribution < 1.29 is 9.21 Å². The van der Waals surface area contributed by atoms with Crippen molar-refractivity contribution in [2.45, 2.75) is 45.3 Å².